The third-order valence-electron chi connectivity index (χ3n) is 7.62. The number of oxazole rings is 1. The number of nitrogens with one attached hydrogen (secondary N) is 2. The van der Waals surface area contributed by atoms with E-state index in [4.69, 9.17) is 18.6 Å². The van der Waals surface area contributed by atoms with Crippen molar-refractivity contribution >= 4 is 45.1 Å². The van der Waals surface area contributed by atoms with Gasteiger partial charge in [0.1, 0.15) is 40.7 Å². The molecule has 44 heavy (non-hydrogen) atoms. The number of hydrogen-bond acceptors (Lipinski definition) is 10. The van der Waals surface area contributed by atoms with E-state index in [-0.39, 0.29) is 11.7 Å². The van der Waals surface area contributed by atoms with Gasteiger partial charge in [0.2, 0.25) is 0 Å². The summed E-state index contributed by atoms with van der Waals surface area (Å²) in [6.07, 6.45) is 5.93. The Morgan fingerprint density at radius 1 is 1.02 bits per heavy atom. The number of halogens is 1. The Morgan fingerprint density at radius 2 is 1.84 bits per heavy atom. The normalized spacial score (nSPS) is 15.5. The van der Waals surface area contributed by atoms with Crippen molar-refractivity contribution in [2.75, 3.05) is 38.4 Å². The number of hydrogen-bond donors (Lipinski definition) is 2. The van der Waals surface area contributed by atoms with Gasteiger partial charge in [0.05, 0.1) is 31.1 Å². The summed E-state index contributed by atoms with van der Waals surface area (Å²) in [4.78, 5) is 27.8. The number of aromatic nitrogens is 3. The third-order valence-corrected chi connectivity index (χ3v) is 7.62. The molecule has 1 fully saturated rings. The number of ether oxygens (including phenoxy) is 3. The van der Waals surface area contributed by atoms with E-state index in [0.717, 1.165) is 30.5 Å². The van der Waals surface area contributed by atoms with E-state index in [0.29, 0.717) is 51.0 Å². The summed E-state index contributed by atoms with van der Waals surface area (Å²) in [6.45, 7) is 2.78. The lowest BCUT2D eigenvalue weighted by molar-refractivity contribution is -0.114. The number of fused-ring (bicyclic) bond motifs is 2. The van der Waals surface area contributed by atoms with Crippen LogP contribution < -0.4 is 24.8 Å². The molecule has 1 atom stereocenters. The van der Waals surface area contributed by atoms with Crippen LogP contribution in [0.25, 0.3) is 22.0 Å². The molecular formula is C32H31FN6O5. The maximum absolute atomic E-state index is 14.9. The summed E-state index contributed by atoms with van der Waals surface area (Å²) in [7, 11) is 4.94. The number of carbonyl (C=O) groups excluding carboxylic acids is 1. The molecule has 3 heterocycles. The van der Waals surface area contributed by atoms with Gasteiger partial charge >= 0.3 is 0 Å². The van der Waals surface area contributed by atoms with Gasteiger partial charge in [-0.2, -0.15) is 0 Å². The first-order chi connectivity index (χ1) is 21.3. The molecule has 0 radical (unpaired) electrons. The summed E-state index contributed by atoms with van der Waals surface area (Å²) in [6, 6.07) is 12.3. The Morgan fingerprint density at radius 3 is 2.61 bits per heavy atom. The van der Waals surface area contributed by atoms with E-state index in [1.165, 1.54) is 25.9 Å². The molecule has 0 unspecified atom stereocenters. The Bertz CT molecular complexity index is 1890. The molecule has 6 rings (SSSR count). The second-order valence-electron chi connectivity index (χ2n) is 10.5. The van der Waals surface area contributed by atoms with Crippen LogP contribution >= 0.6 is 0 Å². The Kier molecular flexibility index (Phi) is 7.99. The minimum atomic E-state index is -0.857. The highest BCUT2D eigenvalue weighted by Gasteiger charge is 2.22. The maximum atomic E-state index is 14.9. The summed E-state index contributed by atoms with van der Waals surface area (Å²) < 4.78 is 37.6. The van der Waals surface area contributed by atoms with Crippen LogP contribution in [0, 0.1) is 6.92 Å². The minimum Gasteiger partial charge on any atom is -0.494 e. The molecule has 5 aromatic rings. The minimum absolute atomic E-state index is 0.115. The van der Waals surface area contributed by atoms with Crippen LogP contribution in [0.4, 0.5) is 21.6 Å². The first kappa shape index (κ1) is 28.9. The van der Waals surface area contributed by atoms with Gasteiger partial charge in [0.25, 0.3) is 5.91 Å². The van der Waals surface area contributed by atoms with E-state index < -0.39 is 11.7 Å². The van der Waals surface area contributed by atoms with Crippen molar-refractivity contribution in [2.24, 2.45) is 0 Å². The van der Waals surface area contributed by atoms with Gasteiger partial charge in [-0.05, 0) is 69.3 Å². The van der Waals surface area contributed by atoms with Crippen LogP contribution in [0.3, 0.4) is 0 Å². The van der Waals surface area contributed by atoms with Crippen molar-refractivity contribution in [1.29, 1.82) is 0 Å². The van der Waals surface area contributed by atoms with Gasteiger partial charge < -0.3 is 29.3 Å². The molecule has 0 bridgehead atoms. The number of amides is 1. The van der Waals surface area contributed by atoms with Crippen LogP contribution in [0.2, 0.25) is 0 Å². The molecule has 0 aliphatic carbocycles. The molecule has 3 aromatic carbocycles. The lowest BCUT2D eigenvalue weighted by Crippen LogP contribution is -2.24. The number of likely N-dealkylation sites (tertiary alicyclic amines) is 1. The highest BCUT2D eigenvalue weighted by atomic mass is 19.1. The van der Waals surface area contributed by atoms with Crippen LogP contribution in [0.15, 0.2) is 71.5 Å². The van der Waals surface area contributed by atoms with Gasteiger partial charge in [-0.15, -0.1) is 0 Å². The first-order valence-corrected chi connectivity index (χ1v) is 14.0. The highest BCUT2D eigenvalue weighted by Crippen LogP contribution is 2.39. The average molecular weight is 599 g/mol. The summed E-state index contributed by atoms with van der Waals surface area (Å²) in [5.74, 6) is 0.753. The van der Waals surface area contributed by atoms with Crippen LogP contribution in [0.1, 0.15) is 18.4 Å². The fraction of sp³-hybridized carbons (Fsp3) is 0.250. The van der Waals surface area contributed by atoms with Gasteiger partial charge in [-0.3, -0.25) is 9.69 Å². The third kappa shape index (κ3) is 5.84. The lowest BCUT2D eigenvalue weighted by atomic mass is 10.1. The average Bonchev–Trinajstić information content (AvgIpc) is 3.66. The highest BCUT2D eigenvalue weighted by molar-refractivity contribution is 6.05. The SMILES string of the molecule is COc1cc2ncnc(Nc3cc(C)c(Oc4ccc5ncoc5c4)cc3OC)c2cc1NC(=O)/C(F)=C\[C@H]1CCCN1C. The molecule has 226 valence electrons. The maximum Gasteiger partial charge on any atom is 0.284 e. The fourth-order valence-electron chi connectivity index (χ4n) is 5.22. The molecular weight excluding hydrogens is 567 g/mol. The summed E-state index contributed by atoms with van der Waals surface area (Å²) >= 11 is 0. The summed E-state index contributed by atoms with van der Waals surface area (Å²) in [5, 5.41) is 6.53. The molecule has 2 aromatic heterocycles. The molecule has 2 N–H and O–H groups in total. The second kappa shape index (κ2) is 12.2. The number of likely N-dealkylation sites (N-methyl/N-ethyl adjacent to an activating group) is 1. The van der Waals surface area contributed by atoms with Crippen LogP contribution in [-0.4, -0.2) is 59.6 Å². The van der Waals surface area contributed by atoms with Crippen molar-refractivity contribution in [2.45, 2.75) is 25.8 Å². The lowest BCUT2D eigenvalue weighted by Gasteiger charge is -2.17. The van der Waals surface area contributed by atoms with E-state index in [1.54, 1.807) is 31.4 Å². The smallest absolute Gasteiger partial charge is 0.284 e. The van der Waals surface area contributed by atoms with Crippen LogP contribution in [0.5, 0.6) is 23.0 Å². The molecule has 12 heteroatoms. The van der Waals surface area contributed by atoms with Gasteiger partial charge in [0.15, 0.2) is 17.8 Å². The molecule has 0 spiro atoms. The molecule has 11 nitrogen and oxygen atoms in total. The standard InChI is InChI=1S/C32H31FN6O5/c1-18-10-25(29(42-4)15-27(18)44-20-7-8-23-30(12-20)43-17-36-23)37-31-21-13-26(28(41-3)14-24(21)34-16-35-31)38-32(40)22(33)11-19-6-5-9-39(19)2/h7-8,10-17,19H,5-6,9H2,1-4H3,(H,38,40)(H,34,35,37)/b22-11+/t19-/m1/s1. The van der Waals surface area contributed by atoms with Gasteiger partial charge in [-0.1, -0.05) is 0 Å². The zero-order valence-corrected chi connectivity index (χ0v) is 24.7. The van der Waals surface area contributed by atoms with E-state index >= 15 is 0 Å². The zero-order valence-electron chi connectivity index (χ0n) is 24.7. The zero-order chi connectivity index (χ0) is 30.8. The second-order valence-corrected chi connectivity index (χ2v) is 10.5. The topological polar surface area (TPSA) is 124 Å². The molecule has 1 amide bonds. The number of carbonyl (C=O) groups is 1. The number of nitrogens with zero attached hydrogens (tertiary/aromatic N) is 4. The fourth-order valence-corrected chi connectivity index (χ4v) is 5.22. The number of aryl methyl sites for hydroxylation is 1. The van der Waals surface area contributed by atoms with E-state index in [9.17, 15) is 9.18 Å². The molecule has 1 aliphatic rings. The Balaban J connectivity index is 1.28. The van der Waals surface area contributed by atoms with Crippen molar-refractivity contribution < 1.29 is 27.8 Å². The monoisotopic (exact) mass is 598 g/mol. The van der Waals surface area contributed by atoms with Gasteiger partial charge in [-0.25, -0.2) is 19.3 Å². The van der Waals surface area contributed by atoms with E-state index in [2.05, 4.69) is 25.6 Å². The van der Waals surface area contributed by atoms with Crippen molar-refractivity contribution in [1.82, 2.24) is 19.9 Å². The number of rotatable bonds is 9. The van der Waals surface area contributed by atoms with E-state index in [1.807, 2.05) is 37.1 Å². The Hall–Kier alpha value is -5.23. The predicted molar refractivity (Wildman–Crippen MR) is 165 cm³/mol. The quantitative estimate of drug-likeness (QED) is 0.181. The number of benzene rings is 3. The first-order valence-electron chi connectivity index (χ1n) is 14.0. The van der Waals surface area contributed by atoms with Gasteiger partial charge in [0, 0.05) is 29.6 Å². The predicted octanol–water partition coefficient (Wildman–Crippen LogP) is 6.52. The Labute approximate surface area is 252 Å². The van der Waals surface area contributed by atoms with Crippen LogP contribution in [-0.2, 0) is 4.79 Å². The molecule has 0 saturated carbocycles. The number of methoxy groups -OCH3 is 2. The number of anilines is 3. The van der Waals surface area contributed by atoms with Crippen molar-refractivity contribution in [3.8, 4) is 23.0 Å². The summed E-state index contributed by atoms with van der Waals surface area (Å²) in [5.41, 5.74) is 3.64. The van der Waals surface area contributed by atoms with Crippen molar-refractivity contribution in [3.63, 3.8) is 0 Å². The molecule has 1 saturated heterocycles. The van der Waals surface area contributed by atoms with Crippen molar-refractivity contribution in [3.05, 3.63) is 72.7 Å². The largest absolute Gasteiger partial charge is 0.494 e. The molecule has 1 aliphatic heterocycles.